The van der Waals surface area contributed by atoms with Crippen LogP contribution in [0, 0.1) is 0 Å². The minimum atomic E-state index is -0.174. The number of thioether (sulfide) groups is 1. The first kappa shape index (κ1) is 16.8. The quantitative estimate of drug-likeness (QED) is 0.524. The Balaban J connectivity index is 1.64. The minimum Gasteiger partial charge on any atom is -0.324 e. The number of hydrogen-bond donors (Lipinski definition) is 2. The highest BCUT2D eigenvalue weighted by Gasteiger charge is 2.18. The van der Waals surface area contributed by atoms with Gasteiger partial charge >= 0.3 is 5.16 Å². The zero-order chi connectivity index (χ0) is 16.9. The number of aromatic nitrogens is 3. The summed E-state index contributed by atoms with van der Waals surface area (Å²) in [5, 5.41) is 7.41. The van der Waals surface area contributed by atoms with Crippen LogP contribution in [-0.2, 0) is 4.79 Å². The maximum absolute atomic E-state index is 12.1. The van der Waals surface area contributed by atoms with Crippen LogP contribution in [-0.4, -0.2) is 21.7 Å². The molecule has 0 fully saturated rings. The number of halogens is 2. The van der Waals surface area contributed by atoms with Crippen molar-refractivity contribution in [3.8, 4) is 5.69 Å². The molecule has 0 atom stereocenters. The number of carbonyl (C=O) groups excluding carboxylic acids is 1. The Morgan fingerprint density at radius 2 is 2.00 bits per heavy atom. The number of anilines is 1. The van der Waals surface area contributed by atoms with Crippen molar-refractivity contribution in [2.75, 3.05) is 11.1 Å². The second kappa shape index (κ2) is 7.70. The van der Waals surface area contributed by atoms with Crippen LogP contribution in [0.5, 0.6) is 0 Å². The van der Waals surface area contributed by atoms with Gasteiger partial charge in [-0.2, -0.15) is 5.10 Å². The molecule has 1 aromatic heterocycles. The van der Waals surface area contributed by atoms with E-state index in [1.807, 2.05) is 35.0 Å². The lowest BCUT2D eigenvalue weighted by molar-refractivity contribution is -0.694. The molecule has 0 saturated heterocycles. The molecule has 24 heavy (non-hydrogen) atoms. The highest BCUT2D eigenvalue weighted by Crippen LogP contribution is 2.25. The van der Waals surface area contributed by atoms with E-state index < -0.39 is 0 Å². The Kier molecular flexibility index (Phi) is 5.40. The number of aromatic amines is 1. The molecule has 0 bridgehead atoms. The van der Waals surface area contributed by atoms with E-state index in [-0.39, 0.29) is 11.7 Å². The number of nitrogens with zero attached hydrogens (tertiary/aromatic N) is 2. The monoisotopic (exact) mass is 379 g/mol. The summed E-state index contributed by atoms with van der Waals surface area (Å²) < 4.78 is 1.81. The third-order valence-corrected chi connectivity index (χ3v) is 4.61. The normalized spacial score (nSPS) is 10.6. The van der Waals surface area contributed by atoms with E-state index in [9.17, 15) is 4.79 Å². The van der Waals surface area contributed by atoms with E-state index in [4.69, 9.17) is 23.2 Å². The first-order valence-electron chi connectivity index (χ1n) is 7.02. The maximum atomic E-state index is 12.1. The highest BCUT2D eigenvalue weighted by atomic mass is 35.5. The van der Waals surface area contributed by atoms with Gasteiger partial charge in [0.2, 0.25) is 12.2 Å². The number of benzene rings is 2. The fraction of sp³-hybridized carbons (Fsp3) is 0.0625. The van der Waals surface area contributed by atoms with Gasteiger partial charge in [0.1, 0.15) is 0 Å². The molecular weight excluding hydrogens is 367 g/mol. The molecule has 0 saturated carbocycles. The van der Waals surface area contributed by atoms with Crippen molar-refractivity contribution in [1.29, 1.82) is 0 Å². The third kappa shape index (κ3) is 4.08. The lowest BCUT2D eigenvalue weighted by Crippen LogP contribution is -2.35. The molecule has 0 spiro atoms. The zero-order valence-corrected chi connectivity index (χ0v) is 14.7. The van der Waals surface area contributed by atoms with Crippen molar-refractivity contribution >= 4 is 46.6 Å². The van der Waals surface area contributed by atoms with Crippen molar-refractivity contribution in [2.24, 2.45) is 0 Å². The lowest BCUT2D eigenvalue weighted by Gasteiger charge is -2.06. The van der Waals surface area contributed by atoms with E-state index in [2.05, 4.69) is 15.4 Å². The predicted octanol–water partition coefficient (Wildman–Crippen LogP) is 3.72. The highest BCUT2D eigenvalue weighted by molar-refractivity contribution is 7.99. The van der Waals surface area contributed by atoms with Gasteiger partial charge in [-0.15, -0.1) is 4.68 Å². The predicted molar refractivity (Wildman–Crippen MR) is 95.9 cm³/mol. The van der Waals surface area contributed by atoms with Crippen molar-refractivity contribution in [3.63, 3.8) is 0 Å². The summed E-state index contributed by atoms with van der Waals surface area (Å²) in [6.07, 6.45) is 1.59. The molecule has 2 N–H and O–H groups in total. The maximum Gasteiger partial charge on any atom is 0.385 e. The van der Waals surface area contributed by atoms with Gasteiger partial charge in [0.05, 0.1) is 16.5 Å². The van der Waals surface area contributed by atoms with Gasteiger partial charge in [-0.25, -0.2) is 0 Å². The van der Waals surface area contributed by atoms with Crippen molar-refractivity contribution in [1.82, 2.24) is 10.1 Å². The molecule has 0 aliphatic rings. The Hall–Kier alpha value is -2.02. The third-order valence-electron chi connectivity index (χ3n) is 3.11. The smallest absolute Gasteiger partial charge is 0.324 e. The summed E-state index contributed by atoms with van der Waals surface area (Å²) >= 11 is 13.2. The SMILES string of the molecule is O=C(CSc1nc[nH][n+]1-c1ccccc1)Nc1ccc(Cl)cc1Cl. The molecule has 0 radical (unpaired) electrons. The molecule has 0 aliphatic heterocycles. The molecule has 1 amide bonds. The Bertz CT molecular complexity index is 854. The Morgan fingerprint density at radius 3 is 2.75 bits per heavy atom. The summed E-state index contributed by atoms with van der Waals surface area (Å²) in [5.41, 5.74) is 1.48. The van der Waals surface area contributed by atoms with Gasteiger partial charge in [-0.1, -0.05) is 41.4 Å². The number of H-pyrrole nitrogens is 1. The Labute approximate surface area is 153 Å². The number of para-hydroxylation sites is 1. The number of amides is 1. The van der Waals surface area contributed by atoms with E-state index in [0.717, 1.165) is 5.69 Å². The summed E-state index contributed by atoms with van der Waals surface area (Å²) in [4.78, 5) is 16.4. The van der Waals surface area contributed by atoms with Gasteiger partial charge in [0.15, 0.2) is 5.69 Å². The fourth-order valence-electron chi connectivity index (χ4n) is 2.03. The number of hydrogen-bond acceptors (Lipinski definition) is 3. The standard InChI is InChI=1S/C16H12Cl2N4OS/c17-11-6-7-14(13(18)8-11)21-15(23)9-24-16-19-10-20-22(16)12-4-2-1-3-5-12/h1-8,10H,9H2,(H,21,23)/p+1. The second-order valence-corrected chi connectivity index (χ2v) is 6.59. The van der Waals surface area contributed by atoms with Gasteiger partial charge < -0.3 is 5.32 Å². The van der Waals surface area contributed by atoms with Crippen molar-refractivity contribution in [2.45, 2.75) is 5.16 Å². The molecule has 1 heterocycles. The van der Waals surface area contributed by atoms with Crippen LogP contribution in [0.3, 0.4) is 0 Å². The molecule has 0 unspecified atom stereocenters. The molecule has 3 rings (SSSR count). The topological polar surface area (TPSA) is 61.7 Å². The number of nitrogens with one attached hydrogen (secondary N) is 2. The van der Waals surface area contributed by atoms with Crippen LogP contribution in [0.25, 0.3) is 5.69 Å². The van der Waals surface area contributed by atoms with Crippen LogP contribution in [0.1, 0.15) is 0 Å². The molecule has 2 aromatic carbocycles. The zero-order valence-electron chi connectivity index (χ0n) is 12.4. The molecular formula is C16H13Cl2N4OS+. The van der Waals surface area contributed by atoms with Crippen molar-refractivity contribution < 1.29 is 9.48 Å². The first-order valence-corrected chi connectivity index (χ1v) is 8.76. The summed E-state index contributed by atoms with van der Waals surface area (Å²) in [7, 11) is 0. The van der Waals surface area contributed by atoms with Gasteiger partial charge in [-0.3, -0.25) is 4.79 Å². The summed E-state index contributed by atoms with van der Waals surface area (Å²) in [6.45, 7) is 0. The summed E-state index contributed by atoms with van der Waals surface area (Å²) in [5.74, 6) is 0.0308. The van der Waals surface area contributed by atoms with E-state index in [1.54, 1.807) is 24.5 Å². The number of rotatable bonds is 5. The van der Waals surface area contributed by atoms with Gasteiger partial charge in [0.25, 0.3) is 0 Å². The minimum absolute atomic E-state index is 0.174. The number of carbonyl (C=O) groups is 1. The van der Waals surface area contributed by atoms with E-state index in [0.29, 0.717) is 20.9 Å². The van der Waals surface area contributed by atoms with Crippen LogP contribution < -0.4 is 10.00 Å². The van der Waals surface area contributed by atoms with Crippen LogP contribution >= 0.6 is 35.0 Å². The van der Waals surface area contributed by atoms with E-state index in [1.165, 1.54) is 11.8 Å². The van der Waals surface area contributed by atoms with Crippen molar-refractivity contribution in [3.05, 3.63) is 64.9 Å². The van der Waals surface area contributed by atoms with Gasteiger partial charge in [-0.05, 0) is 47.1 Å². The molecule has 3 aromatic rings. The fourth-order valence-corrected chi connectivity index (χ4v) is 3.23. The second-order valence-electron chi connectivity index (χ2n) is 4.80. The van der Waals surface area contributed by atoms with Crippen LogP contribution in [0.2, 0.25) is 10.0 Å². The van der Waals surface area contributed by atoms with Crippen LogP contribution in [0.4, 0.5) is 5.69 Å². The average Bonchev–Trinajstić information content (AvgIpc) is 3.05. The molecule has 0 aliphatic carbocycles. The van der Waals surface area contributed by atoms with Gasteiger partial charge in [0, 0.05) is 5.02 Å². The largest absolute Gasteiger partial charge is 0.385 e. The summed E-state index contributed by atoms with van der Waals surface area (Å²) in [6, 6.07) is 14.7. The van der Waals surface area contributed by atoms with Crippen LogP contribution in [0.15, 0.2) is 60.0 Å². The lowest BCUT2D eigenvalue weighted by atomic mass is 10.3. The Morgan fingerprint density at radius 1 is 1.21 bits per heavy atom. The average molecular weight is 380 g/mol. The molecule has 122 valence electrons. The molecule has 8 heteroatoms. The molecule has 5 nitrogen and oxygen atoms in total. The van der Waals surface area contributed by atoms with E-state index >= 15 is 0 Å². The first-order chi connectivity index (χ1) is 11.6.